The van der Waals surface area contributed by atoms with E-state index >= 15 is 0 Å². The number of rotatable bonds is 4. The summed E-state index contributed by atoms with van der Waals surface area (Å²) in [7, 11) is 0. The summed E-state index contributed by atoms with van der Waals surface area (Å²) in [6.45, 7) is 2.00. The van der Waals surface area contributed by atoms with Gasteiger partial charge in [0.25, 0.3) is 5.91 Å². The molecule has 136 valence electrons. The number of fused-ring (bicyclic) bond motifs is 1. The summed E-state index contributed by atoms with van der Waals surface area (Å²) in [6, 6.07) is 5.35. The molecule has 0 unspecified atom stereocenters. The predicted molar refractivity (Wildman–Crippen MR) is 101 cm³/mol. The maximum Gasteiger partial charge on any atom is 0.256 e. The van der Waals surface area contributed by atoms with E-state index in [2.05, 4.69) is 20.2 Å². The number of hydrogen-bond donors (Lipinski definition) is 2. The van der Waals surface area contributed by atoms with Crippen LogP contribution < -0.4 is 5.32 Å². The Kier molecular flexibility index (Phi) is 4.78. The fraction of sp³-hybridized carbons (Fsp3) is 0.368. The zero-order valence-corrected chi connectivity index (χ0v) is 15.0. The number of imidazole rings is 1. The van der Waals surface area contributed by atoms with E-state index in [4.69, 9.17) is 11.6 Å². The quantitative estimate of drug-likeness (QED) is 0.802. The van der Waals surface area contributed by atoms with Crippen molar-refractivity contribution in [3.05, 3.63) is 46.5 Å². The van der Waals surface area contributed by atoms with Crippen LogP contribution in [0.25, 0.3) is 11.6 Å². The molecule has 0 radical (unpaired) electrons. The number of piperidine rings is 1. The number of benzene rings is 1. The molecule has 2 aromatic rings. The monoisotopic (exact) mass is 374 g/mol. The van der Waals surface area contributed by atoms with Gasteiger partial charge < -0.3 is 15.2 Å². The Bertz CT molecular complexity index is 855. The molecular weight excluding hydrogens is 355 g/mol. The summed E-state index contributed by atoms with van der Waals surface area (Å²) in [5.41, 5.74) is 2.95. The fourth-order valence-corrected chi connectivity index (χ4v) is 3.81. The van der Waals surface area contributed by atoms with Gasteiger partial charge in [0, 0.05) is 28.7 Å². The predicted octanol–water partition coefficient (Wildman–Crippen LogP) is 3.70. The number of nitrogens with one attached hydrogen (secondary N) is 2. The number of nitrogens with zero attached hydrogens (tertiary/aromatic N) is 2. The normalized spacial score (nSPS) is 19.8. The molecule has 2 aliphatic heterocycles. The first kappa shape index (κ1) is 17.2. The maximum atomic E-state index is 12.4. The molecular formula is C19H20ClFN4O. The average molecular weight is 375 g/mol. The number of H-pyrrole nitrogens is 1. The number of anilines is 1. The molecule has 1 aromatic heterocycles. The van der Waals surface area contributed by atoms with E-state index in [1.165, 1.54) is 0 Å². The van der Waals surface area contributed by atoms with Crippen molar-refractivity contribution >= 4 is 34.8 Å². The second kappa shape index (κ2) is 7.21. The first-order valence-electron chi connectivity index (χ1n) is 8.80. The van der Waals surface area contributed by atoms with E-state index < -0.39 is 0 Å². The van der Waals surface area contributed by atoms with Crippen LogP contribution in [0, 0.1) is 0 Å². The molecule has 4 rings (SSSR count). The highest BCUT2D eigenvalue weighted by atomic mass is 35.5. The zero-order valence-electron chi connectivity index (χ0n) is 14.3. The Balaban J connectivity index is 1.52. The summed E-state index contributed by atoms with van der Waals surface area (Å²) in [4.78, 5) is 22.2. The lowest BCUT2D eigenvalue weighted by atomic mass is 9.96. The third-order valence-corrected chi connectivity index (χ3v) is 5.29. The maximum absolute atomic E-state index is 12.4. The van der Waals surface area contributed by atoms with Gasteiger partial charge in [-0.2, -0.15) is 0 Å². The van der Waals surface area contributed by atoms with Crippen LogP contribution in [-0.4, -0.2) is 47.1 Å². The van der Waals surface area contributed by atoms with Crippen molar-refractivity contribution in [3.8, 4) is 0 Å². The first-order chi connectivity index (χ1) is 12.6. The Morgan fingerprint density at radius 2 is 2.15 bits per heavy atom. The first-order valence-corrected chi connectivity index (χ1v) is 9.18. The lowest BCUT2D eigenvalue weighted by Gasteiger charge is -2.30. The van der Waals surface area contributed by atoms with E-state index in [1.807, 2.05) is 6.08 Å². The number of alkyl halides is 1. The number of aromatic amines is 1. The van der Waals surface area contributed by atoms with E-state index in [1.54, 1.807) is 24.4 Å². The van der Waals surface area contributed by atoms with Gasteiger partial charge in [-0.3, -0.25) is 4.79 Å². The summed E-state index contributed by atoms with van der Waals surface area (Å²) in [6.07, 6.45) is 5.49. The largest absolute Gasteiger partial charge is 0.342 e. The van der Waals surface area contributed by atoms with Gasteiger partial charge >= 0.3 is 0 Å². The van der Waals surface area contributed by atoms with Crippen LogP contribution in [0.1, 0.15) is 35.8 Å². The Hall–Kier alpha value is -2.18. The Morgan fingerprint density at radius 3 is 2.92 bits per heavy atom. The van der Waals surface area contributed by atoms with Crippen molar-refractivity contribution in [1.29, 1.82) is 0 Å². The van der Waals surface area contributed by atoms with Crippen molar-refractivity contribution in [3.63, 3.8) is 0 Å². The topological polar surface area (TPSA) is 61.0 Å². The molecule has 0 spiro atoms. The van der Waals surface area contributed by atoms with Crippen LogP contribution in [0.5, 0.6) is 0 Å². The van der Waals surface area contributed by atoms with E-state index in [-0.39, 0.29) is 12.6 Å². The summed E-state index contributed by atoms with van der Waals surface area (Å²) < 4.78 is 12.4. The lowest BCUT2D eigenvalue weighted by molar-refractivity contribution is -0.110. The van der Waals surface area contributed by atoms with Crippen molar-refractivity contribution in [2.45, 2.75) is 18.8 Å². The minimum Gasteiger partial charge on any atom is -0.342 e. The number of aromatic nitrogens is 2. The summed E-state index contributed by atoms with van der Waals surface area (Å²) >= 11 is 6.07. The highest BCUT2D eigenvalue weighted by Crippen LogP contribution is 2.35. The molecule has 0 saturated carbocycles. The molecule has 1 fully saturated rings. The molecule has 0 atom stereocenters. The molecule has 5 nitrogen and oxygen atoms in total. The number of likely N-dealkylation sites (tertiary alicyclic amines) is 1. The highest BCUT2D eigenvalue weighted by molar-refractivity contribution is 6.36. The highest BCUT2D eigenvalue weighted by Gasteiger charge is 2.25. The van der Waals surface area contributed by atoms with Gasteiger partial charge in [0.1, 0.15) is 12.5 Å². The summed E-state index contributed by atoms with van der Waals surface area (Å²) in [5.74, 6) is 1.14. The molecule has 2 N–H and O–H groups in total. The van der Waals surface area contributed by atoms with Crippen LogP contribution >= 0.6 is 11.6 Å². The number of amides is 1. The van der Waals surface area contributed by atoms with Crippen molar-refractivity contribution in [2.75, 3.05) is 31.6 Å². The van der Waals surface area contributed by atoms with Crippen molar-refractivity contribution in [2.24, 2.45) is 0 Å². The van der Waals surface area contributed by atoms with Crippen LogP contribution in [0.3, 0.4) is 0 Å². The molecule has 1 amide bonds. The molecule has 2 aliphatic rings. The van der Waals surface area contributed by atoms with Crippen molar-refractivity contribution in [1.82, 2.24) is 14.9 Å². The molecule has 0 aliphatic carbocycles. The van der Waals surface area contributed by atoms with E-state index in [0.717, 1.165) is 48.7 Å². The van der Waals surface area contributed by atoms with Gasteiger partial charge in [-0.25, -0.2) is 9.37 Å². The van der Waals surface area contributed by atoms with Gasteiger partial charge in [-0.15, -0.1) is 0 Å². The molecule has 7 heteroatoms. The number of hydrogen-bond acceptors (Lipinski definition) is 3. The number of carbonyl (C=O) groups excluding carboxylic acids is 1. The Morgan fingerprint density at radius 1 is 1.35 bits per heavy atom. The van der Waals surface area contributed by atoms with Gasteiger partial charge in [0.15, 0.2) is 0 Å². The zero-order chi connectivity index (χ0) is 18.1. The van der Waals surface area contributed by atoms with Gasteiger partial charge in [-0.1, -0.05) is 11.6 Å². The summed E-state index contributed by atoms with van der Waals surface area (Å²) in [5, 5.41) is 3.44. The minimum absolute atomic E-state index is 0.141. The molecule has 26 heavy (non-hydrogen) atoms. The second-order valence-corrected chi connectivity index (χ2v) is 7.17. The smallest absolute Gasteiger partial charge is 0.256 e. The lowest BCUT2D eigenvalue weighted by Crippen LogP contribution is -2.34. The van der Waals surface area contributed by atoms with E-state index in [0.29, 0.717) is 23.1 Å². The van der Waals surface area contributed by atoms with Gasteiger partial charge in [0.05, 0.1) is 17.5 Å². The molecule has 3 heterocycles. The molecule has 0 bridgehead atoms. The average Bonchev–Trinajstić information content (AvgIpc) is 3.22. The number of halogens is 2. The standard InChI is InChI=1S/C19H20ClFN4O/c20-13-1-2-17-15(9-13)16(19(26)24-17)10-14-11-22-18(23-14)12-3-6-25(7-4-12)8-5-21/h1-2,9-12H,3-8H2,(H,22,23)(H,24,26)/b16-10-. The minimum atomic E-state index is -0.295. The molecule has 1 aromatic carbocycles. The molecule has 1 saturated heterocycles. The SMILES string of the molecule is O=C1Nc2ccc(Cl)cc2/C1=C/c1cnc(C2CCN(CCF)CC2)[nH]1. The fourth-order valence-electron chi connectivity index (χ4n) is 3.64. The third kappa shape index (κ3) is 3.39. The Labute approximate surface area is 156 Å². The van der Waals surface area contributed by atoms with Gasteiger partial charge in [-0.05, 0) is 50.2 Å². The van der Waals surface area contributed by atoms with Crippen LogP contribution in [-0.2, 0) is 4.79 Å². The third-order valence-electron chi connectivity index (χ3n) is 5.05. The van der Waals surface area contributed by atoms with Gasteiger partial charge in [0.2, 0.25) is 0 Å². The number of carbonyl (C=O) groups is 1. The van der Waals surface area contributed by atoms with Crippen LogP contribution in [0.2, 0.25) is 5.02 Å². The van der Waals surface area contributed by atoms with E-state index in [9.17, 15) is 9.18 Å². The van der Waals surface area contributed by atoms with Crippen LogP contribution in [0.15, 0.2) is 24.4 Å². The van der Waals surface area contributed by atoms with Crippen LogP contribution in [0.4, 0.5) is 10.1 Å². The second-order valence-electron chi connectivity index (χ2n) is 6.73. The van der Waals surface area contributed by atoms with Crippen molar-refractivity contribution < 1.29 is 9.18 Å².